The molecule has 1 N–H and O–H groups in total. The number of rotatable bonds is 2. The predicted octanol–water partition coefficient (Wildman–Crippen LogP) is 0.0660. The molecule has 0 bridgehead atoms. The van der Waals surface area contributed by atoms with E-state index in [4.69, 9.17) is 5.11 Å². The normalized spacial score (nSPS) is 21.4. The summed E-state index contributed by atoms with van der Waals surface area (Å²) in [6.07, 6.45) is 1.48. The first-order valence-electron chi connectivity index (χ1n) is 3.94. The van der Waals surface area contributed by atoms with Crippen molar-refractivity contribution in [2.45, 2.75) is 12.8 Å². The molecular weight excluding hydrogens is 162 g/mol. The van der Waals surface area contributed by atoms with Gasteiger partial charge in [0.15, 0.2) is 0 Å². The Hall–Kier alpha value is -1.04. The molecule has 6 nitrogen and oxygen atoms in total. The first-order valence-corrected chi connectivity index (χ1v) is 3.94. The van der Waals surface area contributed by atoms with Crippen molar-refractivity contribution in [1.82, 2.24) is 5.01 Å². The van der Waals surface area contributed by atoms with Gasteiger partial charge in [-0.25, -0.2) is 0 Å². The Morgan fingerprint density at radius 2 is 2.08 bits per heavy atom. The fourth-order valence-corrected chi connectivity index (χ4v) is 1.32. The van der Waals surface area contributed by atoms with Gasteiger partial charge in [0, 0.05) is 11.6 Å². The van der Waals surface area contributed by atoms with Crippen LogP contribution in [0.2, 0.25) is 0 Å². The Bertz CT molecular complexity index is 165. The number of nitrogens with zero attached hydrogens (tertiary/aromatic N) is 3. The maximum absolute atomic E-state index is 10.7. The molecule has 70 valence electrons. The average Bonchev–Trinajstić information content (AvgIpc) is 2.17. The summed E-state index contributed by atoms with van der Waals surface area (Å²) in [5.41, 5.74) is 0. The van der Waals surface area contributed by atoms with E-state index in [1.54, 1.807) is 0 Å². The fraction of sp³-hybridized carbons (Fsp3) is 1.00. The highest BCUT2D eigenvalue weighted by Crippen LogP contribution is 2.15. The standard InChI is InChI=1S/C6H13N3O3/c10-5-6-1-3-8(4-2-6)9(12)7-11/h6,10-11H,1-5H2/p-1/b9-7+. The third-order valence-electron chi connectivity index (χ3n) is 2.16. The maximum atomic E-state index is 10.7. The third-order valence-corrected chi connectivity index (χ3v) is 2.16. The van der Waals surface area contributed by atoms with Crippen LogP contribution in [-0.4, -0.2) is 34.8 Å². The van der Waals surface area contributed by atoms with Gasteiger partial charge in [0.25, 0.3) is 0 Å². The van der Waals surface area contributed by atoms with Gasteiger partial charge in [-0.05, 0) is 24.0 Å². The molecule has 0 spiro atoms. The van der Waals surface area contributed by atoms with Gasteiger partial charge in [0.2, 0.25) is 0 Å². The van der Waals surface area contributed by atoms with Gasteiger partial charge in [-0.15, -0.1) is 5.01 Å². The molecule has 1 aliphatic rings. The molecular formula is C6H12N3O3-. The van der Waals surface area contributed by atoms with Gasteiger partial charge in [0.1, 0.15) is 0 Å². The van der Waals surface area contributed by atoms with Crippen molar-refractivity contribution in [3.8, 4) is 0 Å². The Labute approximate surface area is 70.2 Å². The van der Waals surface area contributed by atoms with Crippen molar-refractivity contribution in [2.24, 2.45) is 11.2 Å². The Balaban J connectivity index is 2.36. The van der Waals surface area contributed by atoms with Gasteiger partial charge in [-0.3, -0.25) is 0 Å². The van der Waals surface area contributed by atoms with Crippen molar-refractivity contribution in [2.75, 3.05) is 19.7 Å². The second kappa shape index (κ2) is 4.10. The SMILES string of the molecule is [O-]/N=[N+](/[O-])N1CCC(CO)CC1. The fourth-order valence-electron chi connectivity index (χ4n) is 1.32. The minimum Gasteiger partial charge on any atom is -0.737 e. The van der Waals surface area contributed by atoms with Gasteiger partial charge in [0.05, 0.1) is 13.1 Å². The van der Waals surface area contributed by atoms with E-state index in [0.717, 1.165) is 12.8 Å². The zero-order chi connectivity index (χ0) is 8.97. The van der Waals surface area contributed by atoms with Crippen molar-refractivity contribution < 1.29 is 10.1 Å². The summed E-state index contributed by atoms with van der Waals surface area (Å²) in [7, 11) is 0. The molecule has 0 aromatic rings. The molecule has 1 fully saturated rings. The molecule has 0 amide bonds. The van der Waals surface area contributed by atoms with Crippen LogP contribution >= 0.6 is 0 Å². The predicted molar refractivity (Wildman–Crippen MR) is 40.8 cm³/mol. The summed E-state index contributed by atoms with van der Waals surface area (Å²) < 4.78 is 0. The quantitative estimate of drug-likeness (QED) is 0.364. The van der Waals surface area contributed by atoms with Gasteiger partial charge in [-0.1, -0.05) is 0 Å². The molecule has 0 saturated carbocycles. The zero-order valence-corrected chi connectivity index (χ0v) is 6.72. The molecule has 0 aromatic carbocycles. The van der Waals surface area contributed by atoms with Crippen LogP contribution in [0.5, 0.6) is 0 Å². The maximum Gasteiger partial charge on any atom is 0.0771 e. The second-order valence-electron chi connectivity index (χ2n) is 2.91. The van der Waals surface area contributed by atoms with E-state index < -0.39 is 0 Å². The topological polar surface area (TPSA) is 85.0 Å². The molecule has 0 radical (unpaired) electrons. The molecule has 1 heterocycles. The first kappa shape index (κ1) is 9.05. The van der Waals surface area contributed by atoms with Crippen molar-refractivity contribution >= 4 is 0 Å². The summed E-state index contributed by atoms with van der Waals surface area (Å²) in [4.78, 5) is 0.0770. The minimum atomic E-state index is 0.0770. The van der Waals surface area contributed by atoms with Crippen LogP contribution in [0.4, 0.5) is 0 Å². The van der Waals surface area contributed by atoms with Crippen LogP contribution in [0.3, 0.4) is 0 Å². The summed E-state index contributed by atoms with van der Waals surface area (Å²) in [6, 6.07) is 0. The zero-order valence-electron chi connectivity index (χ0n) is 6.72. The Morgan fingerprint density at radius 1 is 1.50 bits per heavy atom. The van der Waals surface area contributed by atoms with E-state index in [-0.39, 0.29) is 17.5 Å². The van der Waals surface area contributed by atoms with Gasteiger partial charge < -0.3 is 15.5 Å². The van der Waals surface area contributed by atoms with Crippen molar-refractivity contribution in [3.63, 3.8) is 0 Å². The lowest BCUT2D eigenvalue weighted by Gasteiger charge is -2.27. The van der Waals surface area contributed by atoms with E-state index in [1.807, 2.05) is 0 Å². The molecule has 1 aliphatic heterocycles. The molecule has 12 heavy (non-hydrogen) atoms. The van der Waals surface area contributed by atoms with E-state index in [0.29, 0.717) is 13.1 Å². The van der Waals surface area contributed by atoms with Crippen LogP contribution in [-0.2, 0) is 0 Å². The van der Waals surface area contributed by atoms with Crippen molar-refractivity contribution in [3.05, 3.63) is 10.4 Å². The second-order valence-corrected chi connectivity index (χ2v) is 2.91. The first-order chi connectivity index (χ1) is 5.77. The number of hydrogen-bond acceptors (Lipinski definition) is 4. The number of aliphatic hydroxyl groups is 1. The van der Waals surface area contributed by atoms with Crippen LogP contribution in [0, 0.1) is 16.3 Å². The van der Waals surface area contributed by atoms with E-state index in [9.17, 15) is 10.4 Å². The van der Waals surface area contributed by atoms with E-state index >= 15 is 0 Å². The highest BCUT2D eigenvalue weighted by Gasteiger charge is 2.22. The average molecular weight is 174 g/mol. The molecule has 0 aromatic heterocycles. The number of hydrogen-bond donors (Lipinski definition) is 1. The van der Waals surface area contributed by atoms with E-state index in [2.05, 4.69) is 5.28 Å². The number of piperidine rings is 1. The molecule has 1 rings (SSSR count). The number of hydrazine groups is 1. The molecule has 0 atom stereocenters. The smallest absolute Gasteiger partial charge is 0.0771 e. The van der Waals surface area contributed by atoms with Crippen LogP contribution < -0.4 is 0 Å². The van der Waals surface area contributed by atoms with Crippen molar-refractivity contribution in [1.29, 1.82) is 0 Å². The lowest BCUT2D eigenvalue weighted by molar-refractivity contribution is -0.692. The Morgan fingerprint density at radius 3 is 2.50 bits per heavy atom. The van der Waals surface area contributed by atoms with Gasteiger partial charge >= 0.3 is 0 Å². The highest BCUT2D eigenvalue weighted by molar-refractivity contribution is 4.66. The largest absolute Gasteiger partial charge is 0.737 e. The van der Waals surface area contributed by atoms with Crippen LogP contribution in [0.1, 0.15) is 12.8 Å². The lowest BCUT2D eigenvalue weighted by Crippen LogP contribution is -2.38. The molecule has 1 saturated heterocycles. The summed E-state index contributed by atoms with van der Waals surface area (Å²) >= 11 is 0. The van der Waals surface area contributed by atoms with Crippen LogP contribution in [0.25, 0.3) is 0 Å². The van der Waals surface area contributed by atoms with Gasteiger partial charge in [-0.2, -0.15) is 0 Å². The highest BCUT2D eigenvalue weighted by atomic mass is 16.6. The summed E-state index contributed by atoms with van der Waals surface area (Å²) in [5, 5.41) is 32.9. The molecule has 0 aliphatic carbocycles. The monoisotopic (exact) mass is 174 g/mol. The third kappa shape index (κ3) is 1.97. The Kier molecular flexibility index (Phi) is 3.09. The van der Waals surface area contributed by atoms with Crippen LogP contribution in [0.15, 0.2) is 5.28 Å². The summed E-state index contributed by atoms with van der Waals surface area (Å²) in [5.74, 6) is 0.265. The van der Waals surface area contributed by atoms with E-state index in [1.165, 1.54) is 5.01 Å². The number of aliphatic hydroxyl groups excluding tert-OH is 1. The molecule has 0 unspecified atom stereocenters. The summed E-state index contributed by atoms with van der Waals surface area (Å²) in [6.45, 7) is 1.15. The molecule has 6 heteroatoms. The lowest BCUT2D eigenvalue weighted by atomic mass is 9.99. The minimum absolute atomic E-state index is 0.0770.